The van der Waals surface area contributed by atoms with E-state index in [9.17, 15) is 9.59 Å². The highest BCUT2D eigenvalue weighted by Gasteiger charge is 2.21. The summed E-state index contributed by atoms with van der Waals surface area (Å²) in [6, 6.07) is 7.30. The van der Waals surface area contributed by atoms with Crippen LogP contribution in [0, 0.1) is 6.92 Å². The third kappa shape index (κ3) is 2.99. The molecule has 1 N–H and O–H groups in total. The highest BCUT2D eigenvalue weighted by Crippen LogP contribution is 2.21. The molecule has 1 heterocycles. The van der Waals surface area contributed by atoms with Crippen LogP contribution in [0.4, 0.5) is 0 Å². The number of fused-ring (bicyclic) bond motifs is 1. The lowest BCUT2D eigenvalue weighted by Gasteiger charge is -2.18. The van der Waals surface area contributed by atoms with Gasteiger partial charge in [-0.1, -0.05) is 18.6 Å². The molecule has 0 radical (unpaired) electrons. The van der Waals surface area contributed by atoms with Gasteiger partial charge in [0.25, 0.3) is 5.91 Å². The highest BCUT2D eigenvalue weighted by molar-refractivity contribution is 5.97. The van der Waals surface area contributed by atoms with Crippen molar-refractivity contribution in [2.75, 3.05) is 13.1 Å². The number of amides is 1. The number of hydrogen-bond acceptors (Lipinski definition) is 3. The predicted octanol–water partition coefficient (Wildman–Crippen LogP) is 2.68. The maximum Gasteiger partial charge on any atom is 0.323 e. The number of carbonyl (C=O) groups excluding carboxylic acids is 1. The molecule has 0 aliphatic heterocycles. The van der Waals surface area contributed by atoms with Crippen LogP contribution >= 0.6 is 0 Å². The van der Waals surface area contributed by atoms with Crippen LogP contribution < -0.4 is 0 Å². The lowest BCUT2D eigenvalue weighted by molar-refractivity contribution is -0.137. The zero-order valence-corrected chi connectivity index (χ0v) is 11.5. The number of furan rings is 1. The Morgan fingerprint density at radius 1 is 1.30 bits per heavy atom. The summed E-state index contributed by atoms with van der Waals surface area (Å²) < 4.78 is 5.51. The van der Waals surface area contributed by atoms with Crippen molar-refractivity contribution in [2.45, 2.75) is 20.3 Å². The van der Waals surface area contributed by atoms with Gasteiger partial charge in [-0.15, -0.1) is 0 Å². The molecule has 0 saturated heterocycles. The standard InChI is InChI=1S/C15H17NO4/c1-3-6-16(9-14(17)18)15(19)13-8-11-7-10(2)4-5-12(11)20-13/h4-5,7-8H,3,6,9H2,1-2H3,(H,17,18). The Morgan fingerprint density at radius 2 is 2.05 bits per heavy atom. The molecule has 2 rings (SSSR count). The number of carboxylic acid groups (broad SMARTS) is 1. The molecule has 0 saturated carbocycles. The molecule has 0 unspecified atom stereocenters. The van der Waals surface area contributed by atoms with Crippen LogP contribution in [-0.4, -0.2) is 35.0 Å². The van der Waals surface area contributed by atoms with Gasteiger partial charge in [-0.25, -0.2) is 0 Å². The summed E-state index contributed by atoms with van der Waals surface area (Å²) in [5.41, 5.74) is 1.71. The second kappa shape index (κ2) is 5.77. The van der Waals surface area contributed by atoms with Gasteiger partial charge in [0, 0.05) is 11.9 Å². The van der Waals surface area contributed by atoms with Gasteiger partial charge in [-0.3, -0.25) is 9.59 Å². The molecule has 0 spiro atoms. The molecule has 20 heavy (non-hydrogen) atoms. The average molecular weight is 275 g/mol. The quantitative estimate of drug-likeness (QED) is 0.910. The van der Waals surface area contributed by atoms with Gasteiger partial charge in [0.1, 0.15) is 12.1 Å². The summed E-state index contributed by atoms with van der Waals surface area (Å²) in [7, 11) is 0. The van der Waals surface area contributed by atoms with Crippen molar-refractivity contribution < 1.29 is 19.1 Å². The van der Waals surface area contributed by atoms with Crippen molar-refractivity contribution in [3.63, 3.8) is 0 Å². The van der Waals surface area contributed by atoms with Crippen molar-refractivity contribution in [1.82, 2.24) is 4.90 Å². The van der Waals surface area contributed by atoms with E-state index in [-0.39, 0.29) is 18.2 Å². The molecular weight excluding hydrogens is 258 g/mol. The maximum absolute atomic E-state index is 12.3. The van der Waals surface area contributed by atoms with Gasteiger partial charge in [0.2, 0.25) is 0 Å². The summed E-state index contributed by atoms with van der Waals surface area (Å²) in [5, 5.41) is 9.71. The first-order valence-electron chi connectivity index (χ1n) is 6.52. The van der Waals surface area contributed by atoms with E-state index in [1.807, 2.05) is 32.0 Å². The first kappa shape index (κ1) is 14.1. The molecule has 106 valence electrons. The summed E-state index contributed by atoms with van der Waals surface area (Å²) in [6.45, 7) is 3.93. The lowest BCUT2D eigenvalue weighted by atomic mass is 10.2. The number of hydrogen-bond donors (Lipinski definition) is 1. The zero-order valence-electron chi connectivity index (χ0n) is 11.5. The van der Waals surface area contributed by atoms with E-state index in [1.54, 1.807) is 6.07 Å². The molecule has 0 bridgehead atoms. The average Bonchev–Trinajstić information content (AvgIpc) is 2.79. The van der Waals surface area contributed by atoms with Crippen LogP contribution in [0.1, 0.15) is 29.5 Å². The van der Waals surface area contributed by atoms with E-state index in [2.05, 4.69) is 0 Å². The summed E-state index contributed by atoms with van der Waals surface area (Å²) in [4.78, 5) is 24.4. The highest BCUT2D eigenvalue weighted by atomic mass is 16.4. The fourth-order valence-electron chi connectivity index (χ4n) is 2.11. The van der Waals surface area contributed by atoms with E-state index in [4.69, 9.17) is 9.52 Å². The lowest BCUT2D eigenvalue weighted by Crippen LogP contribution is -2.36. The molecule has 0 atom stereocenters. The van der Waals surface area contributed by atoms with E-state index < -0.39 is 5.97 Å². The third-order valence-electron chi connectivity index (χ3n) is 2.99. The summed E-state index contributed by atoms with van der Waals surface area (Å²) in [6.07, 6.45) is 0.693. The van der Waals surface area contributed by atoms with Crippen molar-refractivity contribution in [2.24, 2.45) is 0 Å². The van der Waals surface area contributed by atoms with Crippen molar-refractivity contribution >= 4 is 22.8 Å². The monoisotopic (exact) mass is 275 g/mol. The van der Waals surface area contributed by atoms with Gasteiger partial charge >= 0.3 is 5.97 Å². The molecule has 1 amide bonds. The molecule has 2 aromatic rings. The number of aliphatic carboxylic acids is 1. The normalized spacial score (nSPS) is 10.7. The fourth-order valence-corrected chi connectivity index (χ4v) is 2.11. The molecule has 1 aromatic carbocycles. The Balaban J connectivity index is 2.30. The fraction of sp³-hybridized carbons (Fsp3) is 0.333. The Morgan fingerprint density at radius 3 is 2.70 bits per heavy atom. The van der Waals surface area contributed by atoms with Crippen molar-refractivity contribution in [3.8, 4) is 0 Å². The van der Waals surface area contributed by atoms with Gasteiger partial charge in [-0.05, 0) is 31.5 Å². The first-order valence-corrected chi connectivity index (χ1v) is 6.52. The smallest absolute Gasteiger partial charge is 0.323 e. The molecular formula is C15H17NO4. The Kier molecular flexibility index (Phi) is 4.08. The molecule has 0 aliphatic carbocycles. The Labute approximate surface area is 116 Å². The van der Waals surface area contributed by atoms with Gasteiger partial charge < -0.3 is 14.4 Å². The number of aryl methyl sites for hydroxylation is 1. The number of carbonyl (C=O) groups is 2. The first-order chi connectivity index (χ1) is 9.51. The minimum absolute atomic E-state index is 0.181. The number of benzene rings is 1. The second-order valence-corrected chi connectivity index (χ2v) is 4.77. The topological polar surface area (TPSA) is 70.8 Å². The van der Waals surface area contributed by atoms with Crippen LogP contribution in [-0.2, 0) is 4.79 Å². The van der Waals surface area contributed by atoms with Crippen LogP contribution in [0.5, 0.6) is 0 Å². The van der Waals surface area contributed by atoms with Gasteiger partial charge in [-0.2, -0.15) is 0 Å². The van der Waals surface area contributed by atoms with Crippen molar-refractivity contribution in [3.05, 3.63) is 35.6 Å². The predicted molar refractivity (Wildman–Crippen MR) is 74.8 cm³/mol. The van der Waals surface area contributed by atoms with Gasteiger partial charge in [0.05, 0.1) is 0 Å². The Bertz CT molecular complexity index is 644. The van der Waals surface area contributed by atoms with E-state index in [0.29, 0.717) is 18.5 Å². The van der Waals surface area contributed by atoms with E-state index in [1.165, 1.54) is 4.90 Å². The van der Waals surface area contributed by atoms with Crippen molar-refractivity contribution in [1.29, 1.82) is 0 Å². The SMILES string of the molecule is CCCN(CC(=O)O)C(=O)c1cc2cc(C)ccc2o1. The minimum Gasteiger partial charge on any atom is -0.480 e. The van der Waals surface area contributed by atoms with E-state index >= 15 is 0 Å². The molecule has 5 nitrogen and oxygen atoms in total. The maximum atomic E-state index is 12.3. The second-order valence-electron chi connectivity index (χ2n) is 4.77. The number of nitrogens with zero attached hydrogens (tertiary/aromatic N) is 1. The van der Waals surface area contributed by atoms with Gasteiger partial charge in [0.15, 0.2) is 5.76 Å². The molecule has 0 fully saturated rings. The largest absolute Gasteiger partial charge is 0.480 e. The van der Waals surface area contributed by atoms with Crippen LogP contribution in [0.25, 0.3) is 11.0 Å². The van der Waals surface area contributed by atoms with Crippen LogP contribution in [0.15, 0.2) is 28.7 Å². The molecule has 1 aromatic heterocycles. The minimum atomic E-state index is -1.03. The summed E-state index contributed by atoms with van der Waals surface area (Å²) in [5.74, 6) is -1.23. The van der Waals surface area contributed by atoms with E-state index in [0.717, 1.165) is 10.9 Å². The molecule has 5 heteroatoms. The Hall–Kier alpha value is -2.30. The zero-order chi connectivity index (χ0) is 14.7. The number of carboxylic acids is 1. The van der Waals surface area contributed by atoms with Crippen LogP contribution in [0.2, 0.25) is 0 Å². The number of rotatable bonds is 5. The van der Waals surface area contributed by atoms with Crippen LogP contribution in [0.3, 0.4) is 0 Å². The third-order valence-corrected chi connectivity index (χ3v) is 2.99. The summed E-state index contributed by atoms with van der Waals surface area (Å²) >= 11 is 0. The molecule has 0 aliphatic rings.